The molecule has 1 aliphatic heterocycles. The van der Waals surface area contributed by atoms with Crippen molar-refractivity contribution in [3.63, 3.8) is 0 Å². The largest absolute Gasteiger partial charge is 0.481 e. The first kappa shape index (κ1) is 81.3. The van der Waals surface area contributed by atoms with Gasteiger partial charge < -0.3 is 63.8 Å². The molecule has 14 N–H and O–H groups in total. The second kappa shape index (κ2) is 38.6. The number of carbonyl (C=O) groups is 14. The predicted octanol–water partition coefficient (Wildman–Crippen LogP) is 2.40. The smallest absolute Gasteiger partial charge is 0.305 e. The van der Waals surface area contributed by atoms with Gasteiger partial charge in [0.25, 0.3) is 0 Å². The molecule has 4 aromatic carbocycles. The van der Waals surface area contributed by atoms with Crippen LogP contribution in [0.3, 0.4) is 0 Å². The van der Waals surface area contributed by atoms with Crippen molar-refractivity contribution in [3.8, 4) is 23.7 Å². The number of fused-ring (bicyclic) bond motifs is 5. The van der Waals surface area contributed by atoms with Gasteiger partial charge in [0, 0.05) is 109 Å². The zero-order valence-corrected chi connectivity index (χ0v) is 60.1. The first-order chi connectivity index (χ1) is 51.5. The lowest BCUT2D eigenvalue weighted by Crippen LogP contribution is -2.49. The number of nitrogens with zero attached hydrogens (tertiary/aromatic N) is 6. The van der Waals surface area contributed by atoms with Crippen LogP contribution in [-0.2, 0) is 99.5 Å². The van der Waals surface area contributed by atoms with Crippen LogP contribution >= 0.6 is 11.8 Å². The first-order valence-electron chi connectivity index (χ1n) is 34.7. The van der Waals surface area contributed by atoms with E-state index in [9.17, 15) is 77.3 Å². The lowest BCUT2D eigenvalue weighted by molar-refractivity contribution is -0.141. The summed E-state index contributed by atoms with van der Waals surface area (Å²) in [6, 6.07) is 19.7. The van der Waals surface area contributed by atoms with Crippen molar-refractivity contribution in [2.75, 3.05) is 13.1 Å². The highest BCUT2D eigenvalue weighted by Crippen LogP contribution is 2.53. The van der Waals surface area contributed by atoms with E-state index in [2.05, 4.69) is 138 Å². The Morgan fingerprint density at radius 3 is 1.44 bits per heavy atom. The molecule has 566 valence electrons. The fraction of sp³-hybridized carbons (Fsp3) is 0.387. The van der Waals surface area contributed by atoms with E-state index in [-0.39, 0.29) is 44.4 Å². The van der Waals surface area contributed by atoms with Gasteiger partial charge in [0.05, 0.1) is 50.4 Å². The summed E-state index contributed by atoms with van der Waals surface area (Å²) < 4.78 is 3.15. The lowest BCUT2D eigenvalue weighted by atomic mass is 9.84. The number of hydrogen-bond acceptors (Lipinski definition) is 19. The molecule has 0 saturated heterocycles. The van der Waals surface area contributed by atoms with Gasteiger partial charge in [-0.2, -0.15) is 0 Å². The molecule has 3 heterocycles. The van der Waals surface area contributed by atoms with Gasteiger partial charge >= 0.3 is 23.9 Å². The van der Waals surface area contributed by atoms with Gasteiger partial charge in [-0.25, -0.2) is 0 Å². The molecule has 33 heteroatoms. The molecule has 6 aromatic rings. The Morgan fingerprint density at radius 2 is 1.01 bits per heavy atom. The average molecular weight is 1500 g/mol. The monoisotopic (exact) mass is 1500 g/mol. The standard InChI is InChI=1S/C75H82N14O18S/c1-41-30-47-17-16-46-12-4-5-13-54(46)68(47)67(41)69-55-31-44(10-6-8-28-88-39-50(84-86-88)20-24-61(92)82-57(35-65(98)99)74(106)78-37-52(90)33-48(18-26-63(94)95)72(104)80-42(2)70(76)102)14-22-59(55)108-60-23-15-45(32-56(60)69)11-7-9-29-89-40-51(85-87-89)21-25-62(93)83-58(36-66(100)101)75(107)79-38-53(91)34-49(19-27-64(96)97)73(105)81-43(3)71(77)103/h4-5,12-17,22-23,31-32,39-43,48-49,57-58H,8-9,18-21,24-30,33-38H2,1-3H3,(H2,76,102)(H2,77,103)(H,78,106)(H,79,107)(H,80,104)(H,81,105)(H,82,92)(H,83,93)(H,94,95)(H,96,97)(H,98,99)(H,100,101)/t41?,42-,43-,48+,49?,57-,58-/m0/s1. The van der Waals surface area contributed by atoms with Gasteiger partial charge in [-0.3, -0.25) is 76.5 Å². The molecule has 0 fully saturated rings. The van der Waals surface area contributed by atoms with E-state index in [0.29, 0.717) is 37.3 Å². The SMILES string of the molecule is CC1Cc2ccc3ccccc3c2C1=C1c2cc(C#CCCn3cc(CCC(=O)N[C@@H](CC(=O)O)C(=O)NCC(=O)CC(CCC(=O)O)C(=O)N[C@@H](C)C(N)=O)nn3)ccc2Sc2ccc(C#CCCn3cc(CCC(=O)N[C@@H](CC(=O)O)C(=O)NCC(=O)C[C@@H](CCC(=O)O)C(=O)N[C@@H](C)C(N)=O)nn3)cc21. The van der Waals surface area contributed by atoms with Crippen LogP contribution in [0.25, 0.3) is 21.9 Å². The van der Waals surface area contributed by atoms with Gasteiger partial charge in [0.15, 0.2) is 11.6 Å². The van der Waals surface area contributed by atoms with Crippen molar-refractivity contribution in [1.82, 2.24) is 61.9 Å². The Hall–Kier alpha value is -12.4. The molecule has 8 rings (SSSR count). The number of Topliss-reactive ketones (excluding diaryl/α,β-unsaturated/α-hetero) is 2. The van der Waals surface area contributed by atoms with Crippen LogP contribution in [0.5, 0.6) is 0 Å². The third-order valence-corrected chi connectivity index (χ3v) is 18.9. The summed E-state index contributed by atoms with van der Waals surface area (Å²) in [6.07, 6.45) is 0.407. The fourth-order valence-electron chi connectivity index (χ4n) is 12.1. The second-order valence-electron chi connectivity index (χ2n) is 26.2. The summed E-state index contributed by atoms with van der Waals surface area (Å²) in [6.45, 7) is 4.20. The molecule has 8 amide bonds. The number of benzene rings is 4. The molecule has 0 radical (unpaired) electrons. The molecule has 2 aliphatic rings. The van der Waals surface area contributed by atoms with E-state index in [4.69, 9.17) is 21.7 Å². The highest BCUT2D eigenvalue weighted by Gasteiger charge is 2.35. The lowest BCUT2D eigenvalue weighted by Gasteiger charge is -2.26. The van der Waals surface area contributed by atoms with Crippen LogP contribution < -0.4 is 43.4 Å². The number of aryl methyl sites for hydroxylation is 4. The molecule has 32 nitrogen and oxygen atoms in total. The van der Waals surface area contributed by atoms with Crippen molar-refractivity contribution >= 4 is 116 Å². The van der Waals surface area contributed by atoms with Gasteiger partial charge in [-0.15, -0.1) is 10.2 Å². The summed E-state index contributed by atoms with van der Waals surface area (Å²) in [4.78, 5) is 175. The van der Waals surface area contributed by atoms with E-state index in [0.717, 1.165) is 54.8 Å². The average Bonchev–Trinajstić information content (AvgIpc) is 1.36. The zero-order valence-electron chi connectivity index (χ0n) is 59.3. The van der Waals surface area contributed by atoms with Crippen molar-refractivity contribution in [2.45, 2.75) is 164 Å². The highest BCUT2D eigenvalue weighted by atomic mass is 32.2. The molecule has 2 aromatic heterocycles. The number of ketones is 2. The second-order valence-corrected chi connectivity index (χ2v) is 27.3. The molecule has 0 saturated carbocycles. The number of aromatic nitrogens is 6. The Labute approximate surface area is 623 Å². The normalized spacial score (nSPS) is 14.8. The molecular weight excluding hydrogens is 1420 g/mol. The number of carbonyl (C=O) groups excluding carboxylic acids is 10. The predicted molar refractivity (Wildman–Crippen MR) is 387 cm³/mol. The third kappa shape index (κ3) is 23.8. The third-order valence-electron chi connectivity index (χ3n) is 17.7. The van der Waals surface area contributed by atoms with Crippen LogP contribution in [0.4, 0.5) is 0 Å². The first-order valence-corrected chi connectivity index (χ1v) is 35.5. The molecule has 108 heavy (non-hydrogen) atoms. The van der Waals surface area contributed by atoms with Gasteiger partial charge in [-0.1, -0.05) is 89.2 Å². The number of hydrogen-bond donors (Lipinski definition) is 12. The van der Waals surface area contributed by atoms with Crippen molar-refractivity contribution in [1.29, 1.82) is 0 Å². The highest BCUT2D eigenvalue weighted by molar-refractivity contribution is 7.99. The summed E-state index contributed by atoms with van der Waals surface area (Å²) in [5.74, 6) is -2.40. The summed E-state index contributed by atoms with van der Waals surface area (Å²) in [7, 11) is 0. The number of nitrogens with two attached hydrogens (primary N) is 2. The summed E-state index contributed by atoms with van der Waals surface area (Å²) in [5.41, 5.74) is 19.6. The maximum absolute atomic E-state index is 13.1. The summed E-state index contributed by atoms with van der Waals surface area (Å²) >= 11 is 1.66. The minimum Gasteiger partial charge on any atom is -0.481 e. The van der Waals surface area contributed by atoms with Crippen molar-refractivity contribution in [2.24, 2.45) is 29.2 Å². The van der Waals surface area contributed by atoms with Gasteiger partial charge in [-0.05, 0) is 120 Å². The number of nitrogens with one attached hydrogen (secondary N) is 6. The van der Waals surface area contributed by atoms with Gasteiger partial charge in [0.1, 0.15) is 24.2 Å². The minimum absolute atomic E-state index is 0.0693. The van der Waals surface area contributed by atoms with Crippen LogP contribution in [0, 0.1) is 41.4 Å². The molecule has 1 aliphatic carbocycles. The van der Waals surface area contributed by atoms with Crippen LogP contribution in [0.1, 0.15) is 143 Å². The van der Waals surface area contributed by atoms with E-state index in [1.807, 2.05) is 18.2 Å². The Morgan fingerprint density at radius 1 is 0.556 bits per heavy atom. The number of carboxylic acid groups (broad SMARTS) is 4. The maximum atomic E-state index is 13.1. The van der Waals surface area contributed by atoms with Gasteiger partial charge in [0.2, 0.25) is 47.3 Å². The van der Waals surface area contributed by atoms with Crippen LogP contribution in [-0.4, -0.2) is 170 Å². The quantitative estimate of drug-likeness (QED) is 0.0247. The number of allylic oxidation sites excluding steroid dienone is 1. The van der Waals surface area contributed by atoms with Crippen molar-refractivity contribution < 1.29 is 87.5 Å². The molecule has 0 spiro atoms. The van der Waals surface area contributed by atoms with Crippen molar-refractivity contribution in [3.05, 3.63) is 130 Å². The van der Waals surface area contributed by atoms with Crippen LogP contribution in [0.2, 0.25) is 0 Å². The number of primary amides is 2. The Bertz CT molecular complexity index is 4440. The number of amides is 8. The molecule has 2 unspecified atom stereocenters. The molecule has 0 bridgehead atoms. The zero-order chi connectivity index (χ0) is 78.3. The Kier molecular flexibility index (Phi) is 29.0. The fourth-order valence-corrected chi connectivity index (χ4v) is 13.2. The van der Waals surface area contributed by atoms with E-state index < -0.39 is 170 Å². The maximum Gasteiger partial charge on any atom is 0.305 e. The van der Waals surface area contributed by atoms with E-state index >= 15 is 0 Å². The topological polar surface area (TPSA) is 506 Å². The number of rotatable bonds is 38. The molecule has 7 atom stereocenters. The number of carboxylic acids is 4. The summed E-state index contributed by atoms with van der Waals surface area (Å²) in [5, 5.41) is 70.3. The number of aliphatic carboxylic acids is 4. The van der Waals surface area contributed by atoms with E-state index in [1.165, 1.54) is 30.5 Å². The van der Waals surface area contributed by atoms with E-state index in [1.54, 1.807) is 33.5 Å². The molecular formula is C75H82N14O18S. The van der Waals surface area contributed by atoms with Crippen LogP contribution in [0.15, 0.2) is 95.0 Å². The minimum atomic E-state index is -1.59. The Balaban J connectivity index is 0.873.